The highest BCUT2D eigenvalue weighted by molar-refractivity contribution is 7.82. The Labute approximate surface area is 174 Å². The van der Waals surface area contributed by atoms with Gasteiger partial charge in [0.1, 0.15) is 16.8 Å². The molecule has 30 heavy (non-hydrogen) atoms. The van der Waals surface area contributed by atoms with Crippen molar-refractivity contribution >= 4 is 22.8 Å². The SMILES string of the molecule is Cc1ccc(S(=O)N2CCCN(c3ccc(C(F)(F)F)cn3)CC2)cc1CC(=O)O. The van der Waals surface area contributed by atoms with E-state index in [0.29, 0.717) is 48.9 Å². The fourth-order valence-electron chi connectivity index (χ4n) is 3.29. The van der Waals surface area contributed by atoms with E-state index in [1.165, 1.54) is 6.07 Å². The van der Waals surface area contributed by atoms with Crippen LogP contribution in [-0.4, -0.2) is 50.8 Å². The molecule has 2 aromatic rings. The van der Waals surface area contributed by atoms with Crippen molar-refractivity contribution in [2.75, 3.05) is 31.1 Å². The van der Waals surface area contributed by atoms with Crippen LogP contribution in [-0.2, 0) is 28.4 Å². The molecule has 162 valence electrons. The molecular weight excluding hydrogens is 419 g/mol. The van der Waals surface area contributed by atoms with E-state index in [0.717, 1.165) is 17.8 Å². The predicted octanol–water partition coefficient (Wildman–Crippen LogP) is 3.27. The molecule has 2 heterocycles. The number of hydrogen-bond acceptors (Lipinski definition) is 4. The predicted molar refractivity (Wildman–Crippen MR) is 107 cm³/mol. The van der Waals surface area contributed by atoms with Gasteiger partial charge >= 0.3 is 12.1 Å². The summed E-state index contributed by atoms with van der Waals surface area (Å²) < 4.78 is 53.0. The number of pyridine rings is 1. The highest BCUT2D eigenvalue weighted by Crippen LogP contribution is 2.29. The number of carboxylic acids is 1. The Bertz CT molecular complexity index is 935. The van der Waals surface area contributed by atoms with E-state index in [9.17, 15) is 22.2 Å². The van der Waals surface area contributed by atoms with Crippen LogP contribution < -0.4 is 4.90 Å². The fourth-order valence-corrected chi connectivity index (χ4v) is 4.56. The first kappa shape index (κ1) is 22.2. The first-order chi connectivity index (χ1) is 14.1. The quantitative estimate of drug-likeness (QED) is 0.771. The monoisotopic (exact) mass is 441 g/mol. The molecule has 1 aliphatic heterocycles. The third-order valence-corrected chi connectivity index (χ3v) is 6.44. The maximum atomic E-state index is 13.0. The molecule has 3 rings (SSSR count). The van der Waals surface area contributed by atoms with E-state index >= 15 is 0 Å². The molecule has 0 saturated carbocycles. The average Bonchev–Trinajstić information content (AvgIpc) is 2.94. The lowest BCUT2D eigenvalue weighted by atomic mass is 10.1. The molecule has 1 fully saturated rings. The molecule has 0 spiro atoms. The molecule has 0 radical (unpaired) electrons. The summed E-state index contributed by atoms with van der Waals surface area (Å²) in [7, 11) is -1.46. The van der Waals surface area contributed by atoms with Crippen molar-refractivity contribution in [3.63, 3.8) is 0 Å². The fraction of sp³-hybridized carbons (Fsp3) is 0.400. The van der Waals surface area contributed by atoms with Crippen molar-refractivity contribution in [3.05, 3.63) is 53.2 Å². The van der Waals surface area contributed by atoms with Crippen LogP contribution in [0.15, 0.2) is 41.4 Å². The Morgan fingerprint density at radius 3 is 2.57 bits per heavy atom. The molecule has 1 N–H and O–H groups in total. The van der Waals surface area contributed by atoms with Crippen LogP contribution in [0.1, 0.15) is 23.1 Å². The minimum atomic E-state index is -4.43. The van der Waals surface area contributed by atoms with Crippen LogP contribution in [0.4, 0.5) is 19.0 Å². The van der Waals surface area contributed by atoms with E-state index in [1.807, 2.05) is 11.8 Å². The van der Waals surface area contributed by atoms with Crippen molar-refractivity contribution in [2.24, 2.45) is 0 Å². The van der Waals surface area contributed by atoms with Crippen molar-refractivity contribution in [1.29, 1.82) is 0 Å². The molecule has 1 atom stereocenters. The zero-order chi connectivity index (χ0) is 21.9. The Morgan fingerprint density at radius 1 is 1.17 bits per heavy atom. The van der Waals surface area contributed by atoms with Crippen LogP contribution in [0.2, 0.25) is 0 Å². The lowest BCUT2D eigenvalue weighted by molar-refractivity contribution is -0.138. The Kier molecular flexibility index (Phi) is 6.77. The van der Waals surface area contributed by atoms with Crippen LogP contribution in [0.25, 0.3) is 0 Å². The number of nitrogens with zero attached hydrogens (tertiary/aromatic N) is 3. The minimum Gasteiger partial charge on any atom is -0.481 e. The Morgan fingerprint density at radius 2 is 1.93 bits per heavy atom. The van der Waals surface area contributed by atoms with Gasteiger partial charge in [0.15, 0.2) is 0 Å². The lowest BCUT2D eigenvalue weighted by Crippen LogP contribution is -2.32. The summed E-state index contributed by atoms with van der Waals surface area (Å²) >= 11 is 0. The van der Waals surface area contributed by atoms with Crippen LogP contribution in [0.5, 0.6) is 0 Å². The summed E-state index contributed by atoms with van der Waals surface area (Å²) in [5, 5.41) is 9.05. The normalized spacial score (nSPS) is 16.9. The number of carboxylic acid groups (broad SMARTS) is 1. The number of aliphatic carboxylic acids is 1. The van der Waals surface area contributed by atoms with Crippen molar-refractivity contribution in [1.82, 2.24) is 9.29 Å². The van der Waals surface area contributed by atoms with Gasteiger partial charge < -0.3 is 10.0 Å². The second-order valence-electron chi connectivity index (χ2n) is 7.08. The number of anilines is 1. The first-order valence-corrected chi connectivity index (χ1v) is 10.5. The van der Waals surface area contributed by atoms with E-state index in [2.05, 4.69) is 4.98 Å². The number of aromatic nitrogens is 1. The molecule has 0 bridgehead atoms. The number of rotatable bonds is 5. The Hall–Kier alpha value is -2.46. The van der Waals surface area contributed by atoms with Gasteiger partial charge in [0.05, 0.1) is 16.9 Å². The van der Waals surface area contributed by atoms with Crippen molar-refractivity contribution in [2.45, 2.75) is 30.8 Å². The number of hydrogen-bond donors (Lipinski definition) is 1. The van der Waals surface area contributed by atoms with Gasteiger partial charge in [-0.3, -0.25) is 4.79 Å². The minimum absolute atomic E-state index is 0.135. The van der Waals surface area contributed by atoms with Crippen LogP contribution in [0, 0.1) is 6.92 Å². The van der Waals surface area contributed by atoms with Gasteiger partial charge in [-0.2, -0.15) is 13.2 Å². The molecule has 0 amide bonds. The van der Waals surface area contributed by atoms with Gasteiger partial charge in [0.25, 0.3) is 0 Å². The maximum absolute atomic E-state index is 13.0. The third-order valence-electron chi connectivity index (χ3n) is 4.95. The van der Waals surface area contributed by atoms with E-state index in [1.54, 1.807) is 22.5 Å². The maximum Gasteiger partial charge on any atom is 0.417 e. The average molecular weight is 441 g/mol. The standard InChI is InChI=1S/C20H22F3N3O3S/c1-14-3-5-17(11-15(14)12-19(27)28)30(29)26-8-2-7-25(9-10-26)18-6-4-16(13-24-18)20(21,22)23/h3-6,11,13H,2,7-10,12H2,1H3,(H,27,28). The van der Waals surface area contributed by atoms with Gasteiger partial charge in [-0.15, -0.1) is 0 Å². The zero-order valence-electron chi connectivity index (χ0n) is 16.4. The summed E-state index contributed by atoms with van der Waals surface area (Å²) in [6, 6.07) is 7.53. The molecule has 1 aromatic heterocycles. The molecule has 1 unspecified atom stereocenters. The van der Waals surface area contributed by atoms with Gasteiger partial charge in [-0.25, -0.2) is 13.5 Å². The van der Waals surface area contributed by atoms with E-state index < -0.39 is 28.7 Å². The Balaban J connectivity index is 1.69. The topological polar surface area (TPSA) is 73.7 Å². The van der Waals surface area contributed by atoms with Crippen molar-refractivity contribution < 1.29 is 27.3 Å². The molecular formula is C20H22F3N3O3S. The largest absolute Gasteiger partial charge is 0.481 e. The number of aryl methyl sites for hydroxylation is 1. The first-order valence-electron chi connectivity index (χ1n) is 9.41. The number of benzene rings is 1. The lowest BCUT2D eigenvalue weighted by Gasteiger charge is -2.22. The second kappa shape index (κ2) is 9.13. The molecule has 1 saturated heterocycles. The summed E-state index contributed by atoms with van der Waals surface area (Å²) in [5.74, 6) is -0.495. The van der Waals surface area contributed by atoms with Gasteiger partial charge in [0.2, 0.25) is 0 Å². The number of halogens is 3. The molecule has 1 aliphatic rings. The molecule has 10 heteroatoms. The zero-order valence-corrected chi connectivity index (χ0v) is 17.2. The van der Waals surface area contributed by atoms with Crippen LogP contribution >= 0.6 is 0 Å². The second-order valence-corrected chi connectivity index (χ2v) is 8.57. The summed E-state index contributed by atoms with van der Waals surface area (Å²) in [6.45, 7) is 3.86. The summed E-state index contributed by atoms with van der Waals surface area (Å²) in [5.41, 5.74) is 0.660. The third kappa shape index (κ3) is 5.37. The van der Waals surface area contributed by atoms with E-state index in [-0.39, 0.29) is 6.42 Å². The number of carbonyl (C=O) groups is 1. The van der Waals surface area contributed by atoms with Gasteiger partial charge in [-0.1, -0.05) is 6.07 Å². The summed E-state index contributed by atoms with van der Waals surface area (Å²) in [6.07, 6.45) is -3.06. The molecule has 1 aromatic carbocycles. The smallest absolute Gasteiger partial charge is 0.417 e. The highest BCUT2D eigenvalue weighted by atomic mass is 32.2. The van der Waals surface area contributed by atoms with E-state index in [4.69, 9.17) is 5.11 Å². The van der Waals surface area contributed by atoms with Gasteiger partial charge in [-0.05, 0) is 48.7 Å². The highest BCUT2D eigenvalue weighted by Gasteiger charge is 2.31. The summed E-state index contributed by atoms with van der Waals surface area (Å²) in [4.78, 5) is 17.4. The molecule has 6 nitrogen and oxygen atoms in total. The van der Waals surface area contributed by atoms with Gasteiger partial charge in [0, 0.05) is 32.4 Å². The molecule has 0 aliphatic carbocycles. The van der Waals surface area contributed by atoms with Crippen molar-refractivity contribution in [3.8, 4) is 0 Å². The number of alkyl halides is 3. The van der Waals surface area contributed by atoms with Crippen LogP contribution in [0.3, 0.4) is 0 Å².